The smallest absolute Gasteiger partial charge is 0.417 e. The summed E-state index contributed by atoms with van der Waals surface area (Å²) in [4.78, 5) is 25.4. The predicted molar refractivity (Wildman–Crippen MR) is 89.9 cm³/mol. The zero-order valence-corrected chi connectivity index (χ0v) is 14.9. The Morgan fingerprint density at radius 1 is 1.32 bits per heavy atom. The van der Waals surface area contributed by atoms with E-state index in [-0.39, 0.29) is 18.7 Å². The molecular weight excluding hydrogens is 403 g/mol. The molecule has 12 heteroatoms. The van der Waals surface area contributed by atoms with Gasteiger partial charge in [0.15, 0.2) is 9.84 Å². The number of hydrogen-bond acceptors (Lipinski definition) is 6. The second-order valence-electron chi connectivity index (χ2n) is 6.16. The van der Waals surface area contributed by atoms with Gasteiger partial charge in [-0.25, -0.2) is 8.42 Å². The Kier molecular flexibility index (Phi) is 5.02. The van der Waals surface area contributed by atoms with Crippen LogP contribution >= 0.6 is 0 Å². The summed E-state index contributed by atoms with van der Waals surface area (Å²) in [7, 11) is -4.47. The molecular formula is C16H14F3N3O5S. The van der Waals surface area contributed by atoms with Gasteiger partial charge in [0.05, 0.1) is 21.9 Å². The van der Waals surface area contributed by atoms with Crippen molar-refractivity contribution in [1.82, 2.24) is 14.9 Å². The molecule has 1 saturated heterocycles. The molecule has 1 aromatic carbocycles. The molecule has 0 aliphatic carbocycles. The number of nitrogens with zero attached hydrogens (tertiary/aromatic N) is 2. The third-order valence-electron chi connectivity index (χ3n) is 4.40. The molecule has 2 N–H and O–H groups in total. The number of nitrogens with one attached hydrogen (secondary N) is 1. The van der Waals surface area contributed by atoms with Crippen molar-refractivity contribution in [2.24, 2.45) is 0 Å². The van der Waals surface area contributed by atoms with Crippen LogP contribution in [0.3, 0.4) is 0 Å². The van der Waals surface area contributed by atoms with E-state index in [0.29, 0.717) is 6.07 Å². The van der Waals surface area contributed by atoms with E-state index in [1.54, 1.807) is 0 Å². The third-order valence-corrected chi connectivity index (χ3v) is 6.61. The molecule has 1 fully saturated rings. The van der Waals surface area contributed by atoms with Crippen molar-refractivity contribution in [3.63, 3.8) is 0 Å². The highest BCUT2D eigenvalue weighted by Crippen LogP contribution is 2.37. The number of rotatable bonds is 4. The minimum absolute atomic E-state index is 0.174. The average molecular weight is 417 g/mol. The average Bonchev–Trinajstić information content (AvgIpc) is 3.12. The zero-order chi connectivity index (χ0) is 20.7. The van der Waals surface area contributed by atoms with Gasteiger partial charge >= 0.3 is 12.1 Å². The number of aromatic nitrogens is 2. The first-order valence-electron chi connectivity index (χ1n) is 7.96. The van der Waals surface area contributed by atoms with E-state index in [4.69, 9.17) is 5.11 Å². The largest absolute Gasteiger partial charge is 0.480 e. The Morgan fingerprint density at radius 3 is 2.61 bits per heavy atom. The van der Waals surface area contributed by atoms with Gasteiger partial charge in [0.25, 0.3) is 5.56 Å². The molecule has 1 aromatic heterocycles. The van der Waals surface area contributed by atoms with Crippen LogP contribution in [0.5, 0.6) is 0 Å². The predicted octanol–water partition coefficient (Wildman–Crippen LogP) is 0.840. The topological polar surface area (TPSA) is 118 Å². The van der Waals surface area contributed by atoms with Crippen molar-refractivity contribution in [2.45, 2.75) is 28.8 Å². The van der Waals surface area contributed by atoms with Crippen LogP contribution in [0.1, 0.15) is 12.0 Å². The summed E-state index contributed by atoms with van der Waals surface area (Å²) in [6.45, 7) is -0.276. The molecule has 1 aliphatic rings. The van der Waals surface area contributed by atoms with Crippen LogP contribution in [-0.2, 0) is 20.8 Å². The van der Waals surface area contributed by atoms with Crippen LogP contribution in [0.25, 0.3) is 5.69 Å². The Morgan fingerprint density at radius 2 is 2.04 bits per heavy atom. The van der Waals surface area contributed by atoms with E-state index in [9.17, 15) is 31.2 Å². The lowest BCUT2D eigenvalue weighted by Gasteiger charge is -2.18. The van der Waals surface area contributed by atoms with Crippen molar-refractivity contribution in [2.75, 3.05) is 6.54 Å². The maximum Gasteiger partial charge on any atom is 0.417 e. The van der Waals surface area contributed by atoms with Crippen LogP contribution < -0.4 is 10.9 Å². The molecule has 150 valence electrons. The third kappa shape index (κ3) is 3.64. The second kappa shape index (κ2) is 7.02. The zero-order valence-electron chi connectivity index (χ0n) is 14.0. The number of carboxylic acids is 1. The van der Waals surface area contributed by atoms with Gasteiger partial charge in [0, 0.05) is 24.6 Å². The first kappa shape index (κ1) is 20.0. The molecule has 2 heterocycles. The van der Waals surface area contributed by atoms with E-state index in [2.05, 4.69) is 10.3 Å². The van der Waals surface area contributed by atoms with Gasteiger partial charge in [-0.15, -0.1) is 0 Å². The maximum atomic E-state index is 13.6. The SMILES string of the molecule is O=C(O)[C@@H]1C[C@@H](S(=O)(=O)c2ccc(-n3ccncc3=O)cc2C(F)(F)F)CN1. The number of carbonyl (C=O) groups is 1. The first-order chi connectivity index (χ1) is 13.0. The minimum Gasteiger partial charge on any atom is -0.480 e. The highest BCUT2D eigenvalue weighted by atomic mass is 32.2. The summed E-state index contributed by atoms with van der Waals surface area (Å²) in [6, 6.07) is 1.30. The van der Waals surface area contributed by atoms with Crippen LogP contribution in [0.15, 0.2) is 46.5 Å². The number of alkyl halides is 3. The van der Waals surface area contributed by atoms with Gasteiger partial charge in [-0.1, -0.05) is 0 Å². The normalized spacial score (nSPS) is 20.2. The summed E-state index contributed by atoms with van der Waals surface area (Å²) >= 11 is 0. The van der Waals surface area contributed by atoms with Crippen LogP contribution in [0, 0.1) is 0 Å². The van der Waals surface area contributed by atoms with Crippen molar-refractivity contribution < 1.29 is 31.5 Å². The number of carboxylic acid groups (broad SMARTS) is 1. The van der Waals surface area contributed by atoms with E-state index in [1.165, 1.54) is 6.20 Å². The van der Waals surface area contributed by atoms with E-state index >= 15 is 0 Å². The molecule has 0 radical (unpaired) electrons. The number of sulfone groups is 1. The molecule has 1 aliphatic heterocycles. The summed E-state index contributed by atoms with van der Waals surface area (Å²) in [5.41, 5.74) is -2.28. The summed E-state index contributed by atoms with van der Waals surface area (Å²) in [5, 5.41) is 10.1. The molecule has 3 rings (SSSR count). The van der Waals surface area contributed by atoms with Crippen molar-refractivity contribution in [3.8, 4) is 5.69 Å². The quantitative estimate of drug-likeness (QED) is 0.757. The Labute approximate surface area is 156 Å². The molecule has 0 amide bonds. The monoisotopic (exact) mass is 417 g/mol. The lowest BCUT2D eigenvalue weighted by Crippen LogP contribution is -2.30. The fourth-order valence-electron chi connectivity index (χ4n) is 3.01. The molecule has 2 atom stereocenters. The van der Waals surface area contributed by atoms with Crippen LogP contribution in [0.2, 0.25) is 0 Å². The number of aliphatic carboxylic acids is 1. The fraction of sp³-hybridized carbons (Fsp3) is 0.312. The van der Waals surface area contributed by atoms with Gasteiger partial charge in [-0.05, 0) is 24.6 Å². The van der Waals surface area contributed by atoms with Crippen molar-refractivity contribution in [3.05, 3.63) is 52.7 Å². The standard InChI is InChI=1S/C16H14F3N3O5S/c17-16(18,19)11-5-9(22-4-3-20-8-14(22)23)1-2-13(11)28(26,27)10-6-12(15(24)25)21-7-10/h1-5,8,10,12,21H,6-7H2,(H,24,25)/t10-,12+/m1/s1. The summed E-state index contributed by atoms with van der Waals surface area (Å²) < 4.78 is 67.2. The highest BCUT2D eigenvalue weighted by Gasteiger charge is 2.43. The highest BCUT2D eigenvalue weighted by molar-refractivity contribution is 7.92. The fourth-order valence-corrected chi connectivity index (χ4v) is 4.87. The molecule has 0 unspecified atom stereocenters. The molecule has 0 saturated carbocycles. The van der Waals surface area contributed by atoms with Crippen LogP contribution in [-0.4, -0.2) is 46.9 Å². The van der Waals surface area contributed by atoms with Crippen molar-refractivity contribution in [1.29, 1.82) is 0 Å². The lowest BCUT2D eigenvalue weighted by molar-refractivity contribution is -0.140. The second-order valence-corrected chi connectivity index (χ2v) is 8.36. The molecule has 28 heavy (non-hydrogen) atoms. The number of benzene rings is 1. The first-order valence-corrected chi connectivity index (χ1v) is 9.51. The van der Waals surface area contributed by atoms with Gasteiger partial charge in [-0.3, -0.25) is 19.1 Å². The number of halogens is 3. The van der Waals surface area contributed by atoms with E-state index in [1.807, 2.05) is 0 Å². The van der Waals surface area contributed by atoms with E-state index < -0.39 is 49.3 Å². The lowest BCUT2D eigenvalue weighted by atomic mass is 10.2. The van der Waals surface area contributed by atoms with Crippen LogP contribution in [0.4, 0.5) is 13.2 Å². The molecule has 8 nitrogen and oxygen atoms in total. The van der Waals surface area contributed by atoms with Gasteiger partial charge in [0.1, 0.15) is 6.04 Å². The Bertz CT molecular complexity index is 1080. The molecule has 0 bridgehead atoms. The molecule has 2 aromatic rings. The summed E-state index contributed by atoms with van der Waals surface area (Å²) in [6.07, 6.45) is -2.08. The maximum absolute atomic E-state index is 13.6. The van der Waals surface area contributed by atoms with Gasteiger partial charge in [-0.2, -0.15) is 13.2 Å². The van der Waals surface area contributed by atoms with Gasteiger partial charge in [0.2, 0.25) is 0 Å². The van der Waals surface area contributed by atoms with E-state index in [0.717, 1.165) is 29.1 Å². The van der Waals surface area contributed by atoms with Crippen molar-refractivity contribution >= 4 is 15.8 Å². The summed E-state index contributed by atoms with van der Waals surface area (Å²) in [5.74, 6) is -1.28. The Balaban J connectivity index is 2.10. The van der Waals surface area contributed by atoms with Gasteiger partial charge < -0.3 is 10.4 Å². The molecule has 0 spiro atoms. The number of hydrogen-bond donors (Lipinski definition) is 2. The Hall–Kier alpha value is -2.73. The minimum atomic E-state index is -5.01.